The van der Waals surface area contributed by atoms with E-state index in [-0.39, 0.29) is 0 Å². The van der Waals surface area contributed by atoms with Gasteiger partial charge >= 0.3 is 0 Å². The maximum atomic E-state index is 5.40. The quantitative estimate of drug-likeness (QED) is 0.846. The van der Waals surface area contributed by atoms with Crippen molar-refractivity contribution in [2.45, 2.75) is 46.1 Å². The van der Waals surface area contributed by atoms with E-state index < -0.39 is 0 Å². The van der Waals surface area contributed by atoms with Crippen molar-refractivity contribution in [2.75, 3.05) is 18.5 Å². The second-order valence-corrected chi connectivity index (χ2v) is 4.91. The molecule has 1 saturated heterocycles. The van der Waals surface area contributed by atoms with Crippen molar-refractivity contribution < 1.29 is 4.74 Å². The van der Waals surface area contributed by atoms with E-state index in [1.165, 1.54) is 11.3 Å². The van der Waals surface area contributed by atoms with Gasteiger partial charge in [0.05, 0.1) is 0 Å². The molecule has 1 fully saturated rings. The first-order chi connectivity index (χ1) is 8.22. The number of nitrogens with one attached hydrogen (secondary N) is 2. The highest BCUT2D eigenvalue weighted by Gasteiger charge is 2.21. The molecular weight excluding hydrogens is 214 g/mol. The van der Waals surface area contributed by atoms with Crippen LogP contribution in [0.1, 0.15) is 37.9 Å². The van der Waals surface area contributed by atoms with E-state index in [0.717, 1.165) is 38.3 Å². The number of rotatable bonds is 4. The van der Waals surface area contributed by atoms with E-state index >= 15 is 0 Å². The lowest BCUT2D eigenvalue weighted by atomic mass is 9.93. The zero-order valence-corrected chi connectivity index (χ0v) is 11.0. The summed E-state index contributed by atoms with van der Waals surface area (Å²) in [6.07, 6.45) is 3.31. The lowest BCUT2D eigenvalue weighted by Crippen LogP contribution is -2.31. The van der Waals surface area contributed by atoms with Gasteiger partial charge in [0.15, 0.2) is 5.82 Å². The molecular formula is C13H23N3O. The molecule has 0 amide bonds. The van der Waals surface area contributed by atoms with E-state index in [4.69, 9.17) is 4.74 Å². The van der Waals surface area contributed by atoms with Gasteiger partial charge in [-0.15, -0.1) is 0 Å². The van der Waals surface area contributed by atoms with Gasteiger partial charge in [-0.25, -0.2) is 0 Å². The lowest BCUT2D eigenvalue weighted by molar-refractivity contribution is 0.0622. The summed E-state index contributed by atoms with van der Waals surface area (Å²) >= 11 is 0. The van der Waals surface area contributed by atoms with Crippen LogP contribution in [0.3, 0.4) is 0 Å². The molecule has 1 aliphatic heterocycles. The predicted molar refractivity (Wildman–Crippen MR) is 69.3 cm³/mol. The molecule has 0 bridgehead atoms. The molecule has 1 atom stereocenters. The number of anilines is 1. The number of ether oxygens (including phenoxy) is 1. The van der Waals surface area contributed by atoms with Crippen LogP contribution in [-0.4, -0.2) is 29.5 Å². The Morgan fingerprint density at radius 3 is 2.76 bits per heavy atom. The Balaban J connectivity index is 1.96. The summed E-state index contributed by atoms with van der Waals surface area (Å²) in [5, 5.41) is 11.0. The molecule has 2 heterocycles. The van der Waals surface area contributed by atoms with Crippen molar-refractivity contribution >= 4 is 5.82 Å². The largest absolute Gasteiger partial charge is 0.381 e. The van der Waals surface area contributed by atoms with E-state index in [2.05, 4.69) is 36.3 Å². The minimum atomic E-state index is 0.464. The molecule has 2 N–H and O–H groups in total. The van der Waals surface area contributed by atoms with Gasteiger partial charge in [0.1, 0.15) is 0 Å². The molecule has 0 radical (unpaired) electrons. The summed E-state index contributed by atoms with van der Waals surface area (Å²) in [5.41, 5.74) is 2.48. The van der Waals surface area contributed by atoms with Crippen LogP contribution in [0.15, 0.2) is 0 Å². The van der Waals surface area contributed by atoms with Gasteiger partial charge < -0.3 is 10.1 Å². The maximum Gasteiger partial charge on any atom is 0.151 e. The third-order valence-corrected chi connectivity index (χ3v) is 3.80. The zero-order chi connectivity index (χ0) is 12.3. The Bertz CT molecular complexity index is 356. The monoisotopic (exact) mass is 237 g/mol. The van der Waals surface area contributed by atoms with Crippen molar-refractivity contribution in [3.63, 3.8) is 0 Å². The Morgan fingerprint density at radius 2 is 2.18 bits per heavy atom. The molecule has 1 aromatic heterocycles. The lowest BCUT2D eigenvalue weighted by Gasteiger charge is -2.28. The highest BCUT2D eigenvalue weighted by Crippen LogP contribution is 2.23. The van der Waals surface area contributed by atoms with Crippen LogP contribution in [0.2, 0.25) is 0 Å². The average Bonchev–Trinajstić information content (AvgIpc) is 2.71. The number of hydrogen-bond acceptors (Lipinski definition) is 3. The Kier molecular flexibility index (Phi) is 4.05. The van der Waals surface area contributed by atoms with E-state index in [0.29, 0.717) is 12.0 Å². The molecule has 0 aromatic carbocycles. The van der Waals surface area contributed by atoms with Crippen molar-refractivity contribution in [2.24, 2.45) is 5.92 Å². The topological polar surface area (TPSA) is 49.9 Å². The van der Waals surface area contributed by atoms with Crippen LogP contribution in [0, 0.1) is 12.8 Å². The third-order valence-electron chi connectivity index (χ3n) is 3.80. The van der Waals surface area contributed by atoms with Gasteiger partial charge in [0.25, 0.3) is 0 Å². The molecule has 2 rings (SSSR count). The van der Waals surface area contributed by atoms with Crippen LogP contribution < -0.4 is 5.32 Å². The number of nitrogens with zero attached hydrogens (tertiary/aromatic N) is 1. The summed E-state index contributed by atoms with van der Waals surface area (Å²) in [4.78, 5) is 0. The summed E-state index contributed by atoms with van der Waals surface area (Å²) < 4.78 is 5.40. The van der Waals surface area contributed by atoms with E-state index in [1.54, 1.807) is 0 Å². The zero-order valence-electron chi connectivity index (χ0n) is 11.0. The fraction of sp³-hybridized carbons (Fsp3) is 0.769. The first-order valence-electron chi connectivity index (χ1n) is 6.60. The van der Waals surface area contributed by atoms with Gasteiger partial charge in [0.2, 0.25) is 0 Å². The maximum absolute atomic E-state index is 5.40. The Morgan fingerprint density at radius 1 is 1.47 bits per heavy atom. The Labute approximate surface area is 103 Å². The number of aromatic nitrogens is 2. The standard InChI is InChI=1S/C13H23N3O/c1-4-12-9(2)13(16-15-12)14-10(3)11-5-7-17-8-6-11/h10-11H,4-8H2,1-3H3,(H2,14,15,16)/t10-/m0/s1. The summed E-state index contributed by atoms with van der Waals surface area (Å²) in [7, 11) is 0. The predicted octanol–water partition coefficient (Wildman–Crippen LogP) is 2.51. The minimum Gasteiger partial charge on any atom is -0.381 e. The molecule has 0 spiro atoms. The van der Waals surface area contributed by atoms with Crippen LogP contribution in [-0.2, 0) is 11.2 Å². The van der Waals surface area contributed by atoms with E-state index in [1.807, 2.05) is 0 Å². The summed E-state index contributed by atoms with van der Waals surface area (Å²) in [6.45, 7) is 8.32. The smallest absolute Gasteiger partial charge is 0.151 e. The first-order valence-corrected chi connectivity index (χ1v) is 6.60. The molecule has 1 aliphatic rings. The van der Waals surface area contributed by atoms with Crippen LogP contribution in [0.5, 0.6) is 0 Å². The Hall–Kier alpha value is -1.03. The number of H-pyrrole nitrogens is 1. The molecule has 4 nitrogen and oxygen atoms in total. The fourth-order valence-electron chi connectivity index (χ4n) is 2.47. The molecule has 0 unspecified atom stereocenters. The van der Waals surface area contributed by atoms with E-state index in [9.17, 15) is 0 Å². The van der Waals surface area contributed by atoms with Crippen molar-refractivity contribution in [3.8, 4) is 0 Å². The second-order valence-electron chi connectivity index (χ2n) is 4.91. The first kappa shape index (κ1) is 12.4. The average molecular weight is 237 g/mol. The molecule has 96 valence electrons. The summed E-state index contributed by atoms with van der Waals surface area (Å²) in [5.74, 6) is 1.71. The molecule has 0 aliphatic carbocycles. The molecule has 4 heteroatoms. The van der Waals surface area contributed by atoms with Crippen molar-refractivity contribution in [3.05, 3.63) is 11.3 Å². The number of hydrogen-bond donors (Lipinski definition) is 2. The fourth-order valence-corrected chi connectivity index (χ4v) is 2.47. The minimum absolute atomic E-state index is 0.464. The third kappa shape index (κ3) is 2.80. The van der Waals surface area contributed by atoms with Crippen LogP contribution in [0.25, 0.3) is 0 Å². The van der Waals surface area contributed by atoms with Crippen LogP contribution >= 0.6 is 0 Å². The van der Waals surface area contributed by atoms with Crippen LogP contribution in [0.4, 0.5) is 5.82 Å². The van der Waals surface area contributed by atoms with Crippen molar-refractivity contribution in [1.29, 1.82) is 0 Å². The molecule has 0 saturated carbocycles. The van der Waals surface area contributed by atoms with Gasteiger partial charge in [-0.2, -0.15) is 5.10 Å². The second kappa shape index (κ2) is 5.54. The normalized spacial score (nSPS) is 19.2. The SMILES string of the molecule is CCc1[nH]nc(N[C@@H](C)C2CCOCC2)c1C. The molecule has 17 heavy (non-hydrogen) atoms. The highest BCUT2D eigenvalue weighted by molar-refractivity contribution is 5.46. The number of aromatic amines is 1. The van der Waals surface area contributed by atoms with Gasteiger partial charge in [-0.1, -0.05) is 6.92 Å². The van der Waals surface area contributed by atoms with Gasteiger partial charge in [-0.3, -0.25) is 5.10 Å². The number of aryl methyl sites for hydroxylation is 1. The van der Waals surface area contributed by atoms with Crippen molar-refractivity contribution in [1.82, 2.24) is 10.2 Å². The highest BCUT2D eigenvalue weighted by atomic mass is 16.5. The van der Waals surface area contributed by atoms with Gasteiger partial charge in [-0.05, 0) is 39.0 Å². The molecule has 1 aromatic rings. The summed E-state index contributed by atoms with van der Waals surface area (Å²) in [6, 6.07) is 0.464. The van der Waals surface area contributed by atoms with Gasteiger partial charge in [0, 0.05) is 30.5 Å².